The molecule has 0 spiro atoms. The Morgan fingerprint density at radius 1 is 1.19 bits per heavy atom. The highest BCUT2D eigenvalue weighted by Crippen LogP contribution is 2.16. The second-order valence-corrected chi connectivity index (χ2v) is 6.34. The maximum Gasteiger partial charge on any atom is 0.355 e. The molecule has 9 heteroatoms. The summed E-state index contributed by atoms with van der Waals surface area (Å²) in [7, 11) is 7.00. The van der Waals surface area contributed by atoms with Gasteiger partial charge in [-0.1, -0.05) is 12.1 Å². The number of esters is 1. The van der Waals surface area contributed by atoms with Gasteiger partial charge in [-0.05, 0) is 17.7 Å². The van der Waals surface area contributed by atoms with E-state index < -0.39 is 17.5 Å². The van der Waals surface area contributed by atoms with E-state index in [1.54, 1.807) is 7.05 Å². The van der Waals surface area contributed by atoms with Crippen molar-refractivity contribution in [2.24, 2.45) is 7.05 Å². The number of nitrogens with zero attached hydrogens (tertiary/aromatic N) is 4. The lowest BCUT2D eigenvalue weighted by Gasteiger charge is -2.18. The molecule has 0 N–H and O–H groups in total. The van der Waals surface area contributed by atoms with Gasteiger partial charge in [0.05, 0.1) is 11.1 Å². The number of aromatic nitrogens is 1. The van der Waals surface area contributed by atoms with Crippen LogP contribution in [0.25, 0.3) is 0 Å². The number of hydrogen-bond acceptors (Lipinski definition) is 6. The molecule has 0 bridgehead atoms. The Balaban J connectivity index is 1.90. The minimum Gasteiger partial charge on any atom is -0.451 e. The van der Waals surface area contributed by atoms with Crippen molar-refractivity contribution in [2.45, 2.75) is 6.54 Å². The molecule has 2 aromatic rings. The van der Waals surface area contributed by atoms with Crippen LogP contribution in [0.4, 0.5) is 11.4 Å². The Labute approximate surface area is 156 Å². The smallest absolute Gasteiger partial charge is 0.355 e. The average Bonchev–Trinajstić information content (AvgIpc) is 3.02. The van der Waals surface area contributed by atoms with Gasteiger partial charge in [0.1, 0.15) is 5.69 Å². The first-order valence-electron chi connectivity index (χ1n) is 8.17. The van der Waals surface area contributed by atoms with Crippen LogP contribution in [-0.4, -0.2) is 54.0 Å². The molecule has 1 aromatic heterocycles. The number of rotatable bonds is 7. The molecule has 0 fully saturated rings. The molecule has 0 saturated heterocycles. The van der Waals surface area contributed by atoms with Crippen LogP contribution < -0.4 is 4.90 Å². The van der Waals surface area contributed by atoms with Gasteiger partial charge in [0.15, 0.2) is 6.61 Å². The van der Waals surface area contributed by atoms with E-state index in [-0.39, 0.29) is 17.3 Å². The zero-order chi connectivity index (χ0) is 20.1. The highest BCUT2D eigenvalue weighted by molar-refractivity contribution is 5.90. The molecule has 9 nitrogen and oxygen atoms in total. The third-order valence-corrected chi connectivity index (χ3v) is 4.04. The SMILES string of the molecule is CN(Cc1ccc(N(C)C)cc1)C(=O)COC(=O)c1cc([N+](=O)[O-])cn1C. The fourth-order valence-corrected chi connectivity index (χ4v) is 2.42. The normalized spacial score (nSPS) is 10.4. The molecule has 27 heavy (non-hydrogen) atoms. The number of carbonyl (C=O) groups excluding carboxylic acids is 2. The van der Waals surface area contributed by atoms with Crippen molar-refractivity contribution in [2.75, 3.05) is 32.6 Å². The minimum atomic E-state index is -0.789. The van der Waals surface area contributed by atoms with Crippen molar-refractivity contribution in [1.82, 2.24) is 9.47 Å². The van der Waals surface area contributed by atoms with Crippen LogP contribution in [0.3, 0.4) is 0 Å². The first kappa shape index (κ1) is 20.0. The Bertz CT molecular complexity index is 842. The lowest BCUT2D eigenvalue weighted by atomic mass is 10.2. The Morgan fingerprint density at radius 3 is 2.33 bits per heavy atom. The second kappa shape index (κ2) is 8.35. The maximum atomic E-state index is 12.2. The highest BCUT2D eigenvalue weighted by Gasteiger charge is 2.20. The van der Waals surface area contributed by atoms with Crippen molar-refractivity contribution in [1.29, 1.82) is 0 Å². The lowest BCUT2D eigenvalue weighted by molar-refractivity contribution is -0.384. The molecular formula is C18H22N4O5. The first-order valence-corrected chi connectivity index (χ1v) is 8.17. The van der Waals surface area contributed by atoms with Gasteiger partial charge in [-0.2, -0.15) is 0 Å². The topological polar surface area (TPSA) is 97.9 Å². The third-order valence-electron chi connectivity index (χ3n) is 4.04. The molecular weight excluding hydrogens is 352 g/mol. The van der Waals surface area contributed by atoms with Crippen LogP contribution >= 0.6 is 0 Å². The fraction of sp³-hybridized carbons (Fsp3) is 0.333. The van der Waals surface area contributed by atoms with Crippen molar-refractivity contribution < 1.29 is 19.2 Å². The predicted molar refractivity (Wildman–Crippen MR) is 99.6 cm³/mol. The number of likely N-dealkylation sites (N-methyl/N-ethyl adjacent to an activating group) is 1. The summed E-state index contributed by atoms with van der Waals surface area (Å²) in [6, 6.07) is 8.87. The molecule has 0 atom stereocenters. The van der Waals surface area contributed by atoms with E-state index >= 15 is 0 Å². The first-order chi connectivity index (χ1) is 12.7. The Morgan fingerprint density at radius 2 is 1.81 bits per heavy atom. The highest BCUT2D eigenvalue weighted by atomic mass is 16.6. The number of ether oxygens (including phenoxy) is 1. The zero-order valence-electron chi connectivity index (χ0n) is 15.7. The van der Waals surface area contributed by atoms with Gasteiger partial charge < -0.3 is 19.1 Å². The fourth-order valence-electron chi connectivity index (χ4n) is 2.42. The van der Waals surface area contributed by atoms with E-state index in [2.05, 4.69) is 0 Å². The molecule has 0 aliphatic heterocycles. The molecule has 0 aliphatic carbocycles. The molecule has 2 rings (SSSR count). The zero-order valence-corrected chi connectivity index (χ0v) is 15.7. The Kier molecular flexibility index (Phi) is 6.17. The maximum absolute atomic E-state index is 12.2. The van der Waals surface area contributed by atoms with Gasteiger partial charge in [-0.25, -0.2) is 4.79 Å². The minimum absolute atomic E-state index is 0.0106. The van der Waals surface area contributed by atoms with Crippen LogP contribution in [0.5, 0.6) is 0 Å². The monoisotopic (exact) mass is 374 g/mol. The molecule has 144 valence electrons. The number of anilines is 1. The summed E-state index contributed by atoms with van der Waals surface area (Å²) in [6.45, 7) is -0.0657. The summed E-state index contributed by atoms with van der Waals surface area (Å²) in [5.41, 5.74) is 1.80. The molecule has 0 saturated carbocycles. The summed E-state index contributed by atoms with van der Waals surface area (Å²) >= 11 is 0. The van der Waals surface area contributed by atoms with Gasteiger partial charge in [0.2, 0.25) is 0 Å². The quantitative estimate of drug-likeness (QED) is 0.416. The summed E-state index contributed by atoms with van der Waals surface area (Å²) in [5.74, 6) is -1.16. The van der Waals surface area contributed by atoms with Gasteiger partial charge >= 0.3 is 5.97 Å². The summed E-state index contributed by atoms with van der Waals surface area (Å²) < 4.78 is 6.29. The van der Waals surface area contributed by atoms with E-state index in [0.29, 0.717) is 6.54 Å². The van der Waals surface area contributed by atoms with Crippen LogP contribution in [0.15, 0.2) is 36.5 Å². The third kappa shape index (κ3) is 5.06. The molecule has 0 radical (unpaired) electrons. The number of benzene rings is 1. The number of hydrogen-bond donors (Lipinski definition) is 0. The molecule has 1 aromatic carbocycles. The standard InChI is InChI=1S/C18H22N4O5/c1-19(2)14-7-5-13(6-8-14)10-21(4)17(23)12-27-18(24)16-9-15(22(25)26)11-20(16)3/h5-9,11H,10,12H2,1-4H3. The second-order valence-electron chi connectivity index (χ2n) is 6.34. The van der Waals surface area contributed by atoms with Crippen LogP contribution in [0, 0.1) is 10.1 Å². The van der Waals surface area contributed by atoms with Crippen molar-refractivity contribution in [3.63, 3.8) is 0 Å². The number of nitro groups is 1. The van der Waals surface area contributed by atoms with Crippen LogP contribution in [0.2, 0.25) is 0 Å². The van der Waals surface area contributed by atoms with Crippen LogP contribution in [-0.2, 0) is 23.1 Å². The Hall–Kier alpha value is -3.36. The van der Waals surface area contributed by atoms with E-state index in [0.717, 1.165) is 17.3 Å². The van der Waals surface area contributed by atoms with Crippen molar-refractivity contribution in [3.05, 3.63) is 57.9 Å². The van der Waals surface area contributed by atoms with E-state index in [4.69, 9.17) is 4.74 Å². The predicted octanol–water partition coefficient (Wildman–Crippen LogP) is 1.81. The summed E-state index contributed by atoms with van der Waals surface area (Å²) in [5, 5.41) is 10.8. The number of aryl methyl sites for hydroxylation is 1. The largest absolute Gasteiger partial charge is 0.451 e. The van der Waals surface area contributed by atoms with Gasteiger partial charge in [-0.15, -0.1) is 0 Å². The van der Waals surface area contributed by atoms with Crippen molar-refractivity contribution >= 4 is 23.3 Å². The summed E-state index contributed by atoms with van der Waals surface area (Å²) in [6.07, 6.45) is 1.21. The number of amides is 1. The molecule has 1 amide bonds. The van der Waals surface area contributed by atoms with Gasteiger partial charge in [0, 0.05) is 46.5 Å². The molecule has 0 unspecified atom stereocenters. The average molecular weight is 374 g/mol. The summed E-state index contributed by atoms with van der Waals surface area (Å²) in [4.78, 5) is 37.8. The van der Waals surface area contributed by atoms with Gasteiger partial charge in [0.25, 0.3) is 11.6 Å². The van der Waals surface area contributed by atoms with E-state index in [1.165, 1.54) is 22.7 Å². The van der Waals surface area contributed by atoms with Crippen molar-refractivity contribution in [3.8, 4) is 0 Å². The molecule has 1 heterocycles. The van der Waals surface area contributed by atoms with E-state index in [9.17, 15) is 19.7 Å². The van der Waals surface area contributed by atoms with E-state index in [1.807, 2.05) is 43.3 Å². The van der Waals surface area contributed by atoms with Crippen LogP contribution in [0.1, 0.15) is 16.1 Å². The number of carbonyl (C=O) groups is 2. The molecule has 0 aliphatic rings. The van der Waals surface area contributed by atoms with Gasteiger partial charge in [-0.3, -0.25) is 14.9 Å². The lowest BCUT2D eigenvalue weighted by Crippen LogP contribution is -2.31.